The van der Waals surface area contributed by atoms with Crippen molar-refractivity contribution in [1.29, 1.82) is 0 Å². The predicted molar refractivity (Wildman–Crippen MR) is 94.1 cm³/mol. The molecule has 0 bridgehead atoms. The van der Waals surface area contributed by atoms with Gasteiger partial charge in [0.1, 0.15) is 0 Å². The quantitative estimate of drug-likeness (QED) is 0.254. The molecule has 0 aromatic carbocycles. The van der Waals surface area contributed by atoms with Crippen LogP contribution in [-0.4, -0.2) is 0 Å². The van der Waals surface area contributed by atoms with Crippen LogP contribution in [0.2, 0.25) is 0 Å². The lowest BCUT2D eigenvalue weighted by atomic mass is 9.98. The highest BCUT2D eigenvalue weighted by Gasteiger charge is 2.00. The highest BCUT2D eigenvalue weighted by Crippen LogP contribution is 2.16. The lowest BCUT2D eigenvalue weighted by molar-refractivity contribution is 0.474. The highest BCUT2D eigenvalue weighted by molar-refractivity contribution is 4.62. The first-order valence-corrected chi connectivity index (χ1v) is 9.59. The molecule has 0 N–H and O–H groups in total. The van der Waals surface area contributed by atoms with Gasteiger partial charge in [-0.25, -0.2) is 0 Å². The van der Waals surface area contributed by atoms with Gasteiger partial charge in [-0.2, -0.15) is 0 Å². The maximum absolute atomic E-state index is 2.39. The van der Waals surface area contributed by atoms with E-state index in [9.17, 15) is 0 Å². The highest BCUT2D eigenvalue weighted by atomic mass is 14.1. The molecular weight excluding hydrogens is 240 g/mol. The van der Waals surface area contributed by atoms with Crippen molar-refractivity contribution in [2.24, 2.45) is 5.92 Å². The van der Waals surface area contributed by atoms with E-state index in [2.05, 4.69) is 27.2 Å². The molecule has 20 heavy (non-hydrogen) atoms. The zero-order valence-electron chi connectivity index (χ0n) is 14.8. The zero-order chi connectivity index (χ0) is 14.9. The minimum absolute atomic E-state index is 0.910. The Bertz CT molecular complexity index is 161. The van der Waals surface area contributed by atoms with E-state index in [0.29, 0.717) is 0 Å². The van der Waals surface area contributed by atoms with Crippen molar-refractivity contribution in [2.75, 3.05) is 0 Å². The molecule has 0 heterocycles. The van der Waals surface area contributed by atoms with Gasteiger partial charge in [0, 0.05) is 0 Å². The Morgan fingerprint density at radius 1 is 0.650 bits per heavy atom. The predicted octanol–water partition coefficient (Wildman–Crippen LogP) is 7.72. The molecule has 0 saturated carbocycles. The van der Waals surface area contributed by atoms with Crippen LogP contribution >= 0.6 is 0 Å². The van der Waals surface area contributed by atoms with Gasteiger partial charge < -0.3 is 0 Å². The first-order valence-electron chi connectivity index (χ1n) is 9.59. The summed E-state index contributed by atoms with van der Waals surface area (Å²) in [7, 11) is 0. The maximum Gasteiger partial charge on any atom is -0.0414 e. The smallest absolute Gasteiger partial charge is 0.0414 e. The largest absolute Gasteiger partial charge is 0.0654 e. The van der Waals surface area contributed by atoms with Crippen molar-refractivity contribution in [3.63, 3.8) is 0 Å². The molecule has 0 saturated heterocycles. The molecule has 0 nitrogen and oxygen atoms in total. The second kappa shape index (κ2) is 17.1. The third kappa shape index (κ3) is 16.1. The summed E-state index contributed by atoms with van der Waals surface area (Å²) in [5.41, 5.74) is 0. The minimum atomic E-state index is 0.910. The fourth-order valence-electron chi connectivity index (χ4n) is 3.03. The first kappa shape index (κ1) is 20.0. The van der Waals surface area contributed by atoms with E-state index in [1.165, 1.54) is 96.3 Å². The lowest BCUT2D eigenvalue weighted by Crippen LogP contribution is -1.93. The molecule has 0 aliphatic rings. The van der Waals surface area contributed by atoms with Gasteiger partial charge in [-0.15, -0.1) is 0 Å². The molecule has 1 radical (unpaired) electrons. The van der Waals surface area contributed by atoms with E-state index < -0.39 is 0 Å². The van der Waals surface area contributed by atoms with Crippen LogP contribution in [0.25, 0.3) is 0 Å². The Labute approximate surface area is 130 Å². The summed E-state index contributed by atoms with van der Waals surface area (Å²) in [5, 5.41) is 0. The van der Waals surface area contributed by atoms with Crippen LogP contribution in [0, 0.1) is 12.3 Å². The summed E-state index contributed by atoms with van der Waals surface area (Å²) >= 11 is 0. The third-order valence-corrected chi connectivity index (χ3v) is 4.44. The number of hydrogen-bond donors (Lipinski definition) is 0. The van der Waals surface area contributed by atoms with Crippen molar-refractivity contribution in [3.05, 3.63) is 6.42 Å². The fraction of sp³-hybridized carbons (Fsp3) is 0.950. The van der Waals surface area contributed by atoms with Crippen LogP contribution in [0.4, 0.5) is 0 Å². The van der Waals surface area contributed by atoms with Crippen molar-refractivity contribution >= 4 is 0 Å². The Balaban J connectivity index is 2.99. The van der Waals surface area contributed by atoms with E-state index in [4.69, 9.17) is 0 Å². The number of unbranched alkanes of at least 4 members (excludes halogenated alkanes) is 12. The van der Waals surface area contributed by atoms with E-state index >= 15 is 0 Å². The summed E-state index contributed by atoms with van der Waals surface area (Å²) in [6, 6.07) is 0. The van der Waals surface area contributed by atoms with Gasteiger partial charge in [-0.05, 0) is 18.8 Å². The van der Waals surface area contributed by atoms with Crippen molar-refractivity contribution in [1.82, 2.24) is 0 Å². The molecule has 1 atom stereocenters. The van der Waals surface area contributed by atoms with Crippen LogP contribution in [0.3, 0.4) is 0 Å². The van der Waals surface area contributed by atoms with Crippen LogP contribution in [-0.2, 0) is 0 Å². The van der Waals surface area contributed by atoms with Gasteiger partial charge in [-0.3, -0.25) is 0 Å². The third-order valence-electron chi connectivity index (χ3n) is 4.44. The van der Waals surface area contributed by atoms with Gasteiger partial charge >= 0.3 is 0 Å². The zero-order valence-corrected chi connectivity index (χ0v) is 14.8. The summed E-state index contributed by atoms with van der Waals surface area (Å²) < 4.78 is 0. The molecule has 0 spiro atoms. The van der Waals surface area contributed by atoms with Gasteiger partial charge in [0.2, 0.25) is 0 Å². The average Bonchev–Trinajstić information content (AvgIpc) is 2.44. The molecule has 0 aromatic rings. The minimum Gasteiger partial charge on any atom is -0.0654 e. The monoisotopic (exact) mass is 281 g/mol. The second-order valence-electron chi connectivity index (χ2n) is 6.78. The van der Waals surface area contributed by atoms with Gasteiger partial charge in [0.25, 0.3) is 0 Å². The lowest BCUT2D eigenvalue weighted by Gasteiger charge is -2.09. The Hall–Kier alpha value is 0. The Morgan fingerprint density at radius 2 is 1.05 bits per heavy atom. The summed E-state index contributed by atoms with van der Waals surface area (Å²) in [6.07, 6.45) is 24.1. The van der Waals surface area contributed by atoms with E-state index in [1.807, 2.05) is 0 Å². The second-order valence-corrected chi connectivity index (χ2v) is 6.78. The summed E-state index contributed by atoms with van der Waals surface area (Å²) in [6.45, 7) is 6.86. The van der Waals surface area contributed by atoms with Gasteiger partial charge in [0.05, 0.1) is 0 Å². The Kier molecular flexibility index (Phi) is 17.1. The van der Waals surface area contributed by atoms with Crippen molar-refractivity contribution < 1.29 is 0 Å². The topological polar surface area (TPSA) is 0 Å². The Morgan fingerprint density at radius 3 is 1.45 bits per heavy atom. The van der Waals surface area contributed by atoms with Crippen molar-refractivity contribution in [3.8, 4) is 0 Å². The van der Waals surface area contributed by atoms with Gasteiger partial charge in [-0.1, -0.05) is 111 Å². The van der Waals surface area contributed by atoms with Gasteiger partial charge in [0.15, 0.2) is 0 Å². The first-order chi connectivity index (χ1) is 9.81. The molecule has 121 valence electrons. The van der Waals surface area contributed by atoms with E-state index in [0.717, 1.165) is 5.92 Å². The molecule has 0 aromatic heterocycles. The maximum atomic E-state index is 2.39. The number of rotatable bonds is 16. The molecule has 1 unspecified atom stereocenters. The van der Waals surface area contributed by atoms with E-state index in [1.54, 1.807) is 0 Å². The molecule has 0 heteroatoms. The van der Waals surface area contributed by atoms with Crippen molar-refractivity contribution in [2.45, 2.75) is 117 Å². The van der Waals surface area contributed by atoms with E-state index in [-0.39, 0.29) is 0 Å². The fourth-order valence-corrected chi connectivity index (χ4v) is 3.03. The SMILES string of the molecule is C[CH]CC(C)CCCCCCCCCCCCCCC. The molecule has 0 aliphatic heterocycles. The summed E-state index contributed by atoms with van der Waals surface area (Å²) in [5.74, 6) is 0.910. The normalized spacial score (nSPS) is 12.8. The molecule has 0 amide bonds. The number of hydrogen-bond acceptors (Lipinski definition) is 0. The van der Waals surface area contributed by atoms with Crippen LogP contribution < -0.4 is 0 Å². The average molecular weight is 282 g/mol. The van der Waals surface area contributed by atoms with Crippen LogP contribution in [0.1, 0.15) is 117 Å². The van der Waals surface area contributed by atoms with Crippen LogP contribution in [0.5, 0.6) is 0 Å². The summed E-state index contributed by atoms with van der Waals surface area (Å²) in [4.78, 5) is 0. The standard InChI is InChI=1S/C20H41/c1-4-6-7-8-9-10-11-12-13-14-15-16-17-19-20(3)18-5-2/h5,20H,4,6-19H2,1-3H3. The molecule has 0 fully saturated rings. The van der Waals surface area contributed by atoms with Crippen LogP contribution in [0.15, 0.2) is 0 Å². The molecular formula is C20H41. The molecule has 0 aliphatic carbocycles. The molecule has 0 rings (SSSR count).